The van der Waals surface area contributed by atoms with Crippen LogP contribution in [0.15, 0.2) is 42.5 Å². The number of anilines is 1. The number of hydrogen-bond acceptors (Lipinski definition) is 5. The van der Waals surface area contributed by atoms with Gasteiger partial charge in [-0.15, -0.1) is 28.3 Å². The average Bonchev–Trinajstić information content (AvgIpc) is 3.06. The highest BCUT2D eigenvalue weighted by Crippen LogP contribution is 2.34. The molecule has 0 unspecified atom stereocenters. The van der Waals surface area contributed by atoms with E-state index in [1.165, 1.54) is 23.5 Å². The third-order valence-corrected chi connectivity index (χ3v) is 5.88. The van der Waals surface area contributed by atoms with Crippen molar-refractivity contribution in [1.29, 1.82) is 0 Å². The van der Waals surface area contributed by atoms with Crippen molar-refractivity contribution >= 4 is 56.6 Å². The minimum Gasteiger partial charge on any atom is -0.298 e. The smallest absolute Gasteiger partial charge is 0.273 e. The molecule has 0 saturated carbocycles. The molecule has 9 heteroatoms. The van der Waals surface area contributed by atoms with Crippen LogP contribution in [0.5, 0.6) is 0 Å². The minimum atomic E-state index is -0.489. The van der Waals surface area contributed by atoms with Crippen LogP contribution in [0.25, 0.3) is 0 Å². The number of hydrogen-bond donors (Lipinski definition) is 1. The SMILES string of the molecule is Br.Cc1c(C(=O)Nc2nc(C(C)(C)C)c(Cc3ccc(Cl)cc3)s2)cccc1[N+](=O)[O-]. The van der Waals surface area contributed by atoms with Crippen molar-refractivity contribution in [2.24, 2.45) is 0 Å². The number of rotatable bonds is 5. The quantitative estimate of drug-likeness (QED) is 0.296. The first-order chi connectivity index (χ1) is 14.1. The average molecular weight is 525 g/mol. The molecule has 0 fully saturated rings. The molecule has 0 aliphatic rings. The predicted octanol–water partition coefficient (Wildman–Crippen LogP) is 6.73. The molecule has 1 amide bonds. The second-order valence-corrected chi connectivity index (χ2v) is 9.53. The van der Waals surface area contributed by atoms with Gasteiger partial charge >= 0.3 is 0 Å². The third kappa shape index (κ3) is 5.90. The highest BCUT2D eigenvalue weighted by atomic mass is 79.9. The number of nitro benzene ring substituents is 1. The predicted molar refractivity (Wildman–Crippen MR) is 131 cm³/mol. The van der Waals surface area contributed by atoms with Gasteiger partial charge in [-0.2, -0.15) is 0 Å². The number of nitro groups is 1. The van der Waals surface area contributed by atoms with Crippen molar-refractivity contribution in [2.75, 3.05) is 5.32 Å². The number of nitrogens with zero attached hydrogens (tertiary/aromatic N) is 2. The van der Waals surface area contributed by atoms with E-state index in [1.54, 1.807) is 13.0 Å². The maximum Gasteiger partial charge on any atom is 0.273 e. The zero-order valence-electron chi connectivity index (χ0n) is 17.6. The first kappa shape index (κ1) is 25.0. The normalized spacial score (nSPS) is 11.0. The number of thiazole rings is 1. The van der Waals surface area contributed by atoms with Gasteiger partial charge in [-0.05, 0) is 30.7 Å². The summed E-state index contributed by atoms with van der Waals surface area (Å²) in [5.41, 5.74) is 2.31. The van der Waals surface area contributed by atoms with Crippen LogP contribution in [-0.4, -0.2) is 15.8 Å². The van der Waals surface area contributed by atoms with E-state index in [9.17, 15) is 14.9 Å². The fraction of sp³-hybridized carbons (Fsp3) is 0.273. The summed E-state index contributed by atoms with van der Waals surface area (Å²) in [5.74, 6) is -0.413. The van der Waals surface area contributed by atoms with E-state index >= 15 is 0 Å². The summed E-state index contributed by atoms with van der Waals surface area (Å²) in [4.78, 5) is 29.2. The lowest BCUT2D eigenvalue weighted by molar-refractivity contribution is -0.385. The van der Waals surface area contributed by atoms with Crippen molar-refractivity contribution in [2.45, 2.75) is 39.5 Å². The summed E-state index contributed by atoms with van der Waals surface area (Å²) in [5, 5.41) is 15.1. The fourth-order valence-electron chi connectivity index (χ4n) is 3.13. The molecule has 2 aromatic carbocycles. The molecular formula is C22H23BrClN3O3S. The molecule has 0 radical (unpaired) electrons. The Bertz CT molecular complexity index is 1110. The molecular weight excluding hydrogens is 502 g/mol. The van der Waals surface area contributed by atoms with Gasteiger partial charge in [-0.3, -0.25) is 20.2 Å². The van der Waals surface area contributed by atoms with Gasteiger partial charge in [0.2, 0.25) is 0 Å². The van der Waals surface area contributed by atoms with E-state index in [1.807, 2.05) is 24.3 Å². The first-order valence-corrected chi connectivity index (χ1v) is 10.6. The van der Waals surface area contributed by atoms with Gasteiger partial charge < -0.3 is 0 Å². The molecule has 0 aliphatic heterocycles. The van der Waals surface area contributed by atoms with Gasteiger partial charge in [0.1, 0.15) is 0 Å². The number of carbonyl (C=O) groups is 1. The fourth-order valence-corrected chi connectivity index (χ4v) is 4.46. The maximum absolute atomic E-state index is 12.8. The molecule has 3 aromatic rings. The highest BCUT2D eigenvalue weighted by Gasteiger charge is 2.25. The van der Waals surface area contributed by atoms with Crippen LogP contribution in [0.3, 0.4) is 0 Å². The minimum absolute atomic E-state index is 0. The Hall–Kier alpha value is -2.29. The van der Waals surface area contributed by atoms with Gasteiger partial charge in [0.05, 0.1) is 10.6 Å². The van der Waals surface area contributed by atoms with E-state index in [2.05, 4.69) is 31.1 Å². The van der Waals surface area contributed by atoms with E-state index in [0.29, 0.717) is 22.1 Å². The number of amides is 1. The Morgan fingerprint density at radius 3 is 2.42 bits per heavy atom. The lowest BCUT2D eigenvalue weighted by atomic mass is 9.90. The topological polar surface area (TPSA) is 85.1 Å². The van der Waals surface area contributed by atoms with E-state index in [4.69, 9.17) is 11.6 Å². The maximum atomic E-state index is 12.8. The molecule has 1 heterocycles. The molecule has 6 nitrogen and oxygen atoms in total. The second kappa shape index (κ2) is 9.89. The molecule has 3 rings (SSSR count). The zero-order chi connectivity index (χ0) is 22.1. The standard InChI is InChI=1S/C22H22ClN3O3S.BrH/c1-13-16(6-5-7-17(13)26(28)29)20(27)25-21-24-19(22(2,3)4)18(30-21)12-14-8-10-15(23)11-9-14;/h5-11H,12H2,1-4H3,(H,24,25,27);1H. The molecule has 0 atom stereocenters. The van der Waals surface area contributed by atoms with Crippen LogP contribution in [0, 0.1) is 17.0 Å². The van der Waals surface area contributed by atoms with Gasteiger partial charge in [-0.25, -0.2) is 4.98 Å². The Kier molecular flexibility index (Phi) is 7.97. The molecule has 0 saturated heterocycles. The summed E-state index contributed by atoms with van der Waals surface area (Å²) >= 11 is 7.40. The van der Waals surface area contributed by atoms with Crippen LogP contribution in [0.1, 0.15) is 52.8 Å². The van der Waals surface area contributed by atoms with Gasteiger partial charge in [0.25, 0.3) is 11.6 Å². The Labute approximate surface area is 200 Å². The first-order valence-electron chi connectivity index (χ1n) is 9.36. The van der Waals surface area contributed by atoms with Crippen LogP contribution in [0.2, 0.25) is 5.02 Å². The van der Waals surface area contributed by atoms with E-state index < -0.39 is 10.8 Å². The molecule has 0 bridgehead atoms. The molecule has 31 heavy (non-hydrogen) atoms. The number of aromatic nitrogens is 1. The number of carbonyl (C=O) groups excluding carboxylic acids is 1. The summed E-state index contributed by atoms with van der Waals surface area (Å²) in [7, 11) is 0. The van der Waals surface area contributed by atoms with Crippen LogP contribution < -0.4 is 5.32 Å². The lowest BCUT2D eigenvalue weighted by Crippen LogP contribution is -2.16. The summed E-state index contributed by atoms with van der Waals surface area (Å²) < 4.78 is 0. The second-order valence-electron chi connectivity index (χ2n) is 8.00. The number of halogens is 2. The third-order valence-electron chi connectivity index (χ3n) is 4.65. The van der Waals surface area contributed by atoms with Crippen molar-refractivity contribution in [3.8, 4) is 0 Å². The van der Waals surface area contributed by atoms with E-state index in [-0.39, 0.29) is 33.6 Å². The zero-order valence-corrected chi connectivity index (χ0v) is 20.8. The van der Waals surface area contributed by atoms with Crippen molar-refractivity contribution in [3.05, 3.63) is 84.9 Å². The van der Waals surface area contributed by atoms with Gasteiger partial charge in [0, 0.05) is 38.9 Å². The molecule has 1 aromatic heterocycles. The van der Waals surface area contributed by atoms with E-state index in [0.717, 1.165) is 16.1 Å². The lowest BCUT2D eigenvalue weighted by Gasteiger charge is -2.17. The Morgan fingerprint density at radius 2 is 1.84 bits per heavy atom. The monoisotopic (exact) mass is 523 g/mol. The molecule has 1 N–H and O–H groups in total. The highest BCUT2D eigenvalue weighted by molar-refractivity contribution is 8.93. The van der Waals surface area contributed by atoms with Crippen molar-refractivity contribution in [3.63, 3.8) is 0 Å². The van der Waals surface area contributed by atoms with Crippen molar-refractivity contribution in [1.82, 2.24) is 4.98 Å². The summed E-state index contributed by atoms with van der Waals surface area (Å²) in [6, 6.07) is 12.1. The van der Waals surface area contributed by atoms with Gasteiger partial charge in [0.15, 0.2) is 5.13 Å². The molecule has 164 valence electrons. The number of nitrogens with one attached hydrogen (secondary N) is 1. The summed E-state index contributed by atoms with van der Waals surface area (Å²) in [6.07, 6.45) is 0.674. The van der Waals surface area contributed by atoms with Crippen LogP contribution in [0.4, 0.5) is 10.8 Å². The Balaban J connectivity index is 0.00000341. The van der Waals surface area contributed by atoms with Gasteiger partial charge in [-0.1, -0.05) is 50.6 Å². The Morgan fingerprint density at radius 1 is 1.19 bits per heavy atom. The van der Waals surface area contributed by atoms with Crippen LogP contribution in [-0.2, 0) is 11.8 Å². The molecule has 0 aliphatic carbocycles. The largest absolute Gasteiger partial charge is 0.298 e. The molecule has 0 spiro atoms. The van der Waals surface area contributed by atoms with Crippen molar-refractivity contribution < 1.29 is 9.72 Å². The van der Waals surface area contributed by atoms with Crippen LogP contribution >= 0.6 is 39.9 Å². The summed E-state index contributed by atoms with van der Waals surface area (Å²) in [6.45, 7) is 7.79. The number of benzene rings is 2.